The molecule has 3 aromatic rings. The maximum atomic E-state index is 12.9. The fraction of sp³-hybridized carbons (Fsp3) is 0.227. The Morgan fingerprint density at radius 1 is 1.10 bits per heavy atom. The predicted molar refractivity (Wildman–Crippen MR) is 115 cm³/mol. The fourth-order valence-electron chi connectivity index (χ4n) is 2.86. The topological polar surface area (TPSA) is 63.7 Å². The molecule has 1 heterocycles. The summed E-state index contributed by atoms with van der Waals surface area (Å²) in [6.07, 6.45) is 1.18. The molecule has 0 saturated carbocycles. The highest BCUT2D eigenvalue weighted by Crippen LogP contribution is 2.24. The van der Waals surface area contributed by atoms with E-state index in [2.05, 4.69) is 0 Å². The Labute approximate surface area is 175 Å². The first-order valence-corrected chi connectivity index (χ1v) is 11.9. The third-order valence-corrected chi connectivity index (χ3v) is 6.71. The van der Waals surface area contributed by atoms with Crippen molar-refractivity contribution >= 4 is 27.1 Å². The van der Waals surface area contributed by atoms with Gasteiger partial charge in [0, 0.05) is 23.7 Å². The lowest BCUT2D eigenvalue weighted by Gasteiger charge is -2.25. The van der Waals surface area contributed by atoms with Crippen LogP contribution in [0.5, 0.6) is 5.75 Å². The molecule has 0 saturated heterocycles. The molecule has 0 bridgehead atoms. The summed E-state index contributed by atoms with van der Waals surface area (Å²) in [5.41, 5.74) is 1.40. The highest BCUT2D eigenvalue weighted by atomic mass is 32.2. The number of nitrogens with zero attached hydrogens (tertiary/aromatic N) is 1. The Hall–Kier alpha value is -2.64. The van der Waals surface area contributed by atoms with E-state index in [0.717, 1.165) is 10.4 Å². The molecule has 0 spiro atoms. The molecule has 1 atom stereocenters. The van der Waals surface area contributed by atoms with Crippen molar-refractivity contribution in [1.29, 1.82) is 0 Å². The van der Waals surface area contributed by atoms with Gasteiger partial charge in [-0.3, -0.25) is 4.79 Å². The van der Waals surface area contributed by atoms with E-state index in [9.17, 15) is 13.2 Å². The average Bonchev–Trinajstić information content (AvgIpc) is 3.24. The number of carbonyl (C=O) groups excluding carboxylic acids is 1. The maximum absolute atomic E-state index is 12.9. The summed E-state index contributed by atoms with van der Waals surface area (Å²) in [4.78, 5) is 16.0. The molecule has 3 rings (SSSR count). The van der Waals surface area contributed by atoms with Gasteiger partial charge in [0.15, 0.2) is 9.84 Å². The average molecular weight is 430 g/mol. The zero-order chi connectivity index (χ0) is 21.0. The molecule has 0 aliphatic heterocycles. The molecule has 0 radical (unpaired) electrons. The van der Waals surface area contributed by atoms with E-state index in [1.54, 1.807) is 65.7 Å². The molecule has 29 heavy (non-hydrogen) atoms. The summed E-state index contributed by atoms with van der Waals surface area (Å²) in [5.74, 6) is 0.508. The number of thiophene rings is 1. The van der Waals surface area contributed by atoms with Crippen molar-refractivity contribution in [2.75, 3.05) is 13.3 Å². The molecule has 2 aromatic carbocycles. The van der Waals surface area contributed by atoms with Gasteiger partial charge in [0.1, 0.15) is 12.4 Å². The van der Waals surface area contributed by atoms with Gasteiger partial charge in [0.05, 0.1) is 10.9 Å². The second-order valence-corrected chi connectivity index (χ2v) is 9.88. The first-order valence-electron chi connectivity index (χ1n) is 9.08. The molecule has 7 heteroatoms. The molecule has 1 amide bonds. The maximum Gasteiger partial charge on any atom is 0.254 e. The van der Waals surface area contributed by atoms with Gasteiger partial charge in [-0.2, -0.15) is 0 Å². The first-order chi connectivity index (χ1) is 13.8. The van der Waals surface area contributed by atoms with Crippen molar-refractivity contribution in [2.24, 2.45) is 0 Å². The fourth-order valence-corrected chi connectivity index (χ4v) is 4.11. The molecule has 5 nitrogen and oxygen atoms in total. The number of carbonyl (C=O) groups is 1. The van der Waals surface area contributed by atoms with Crippen LogP contribution in [0, 0.1) is 0 Å². The van der Waals surface area contributed by atoms with E-state index in [-0.39, 0.29) is 16.8 Å². The van der Waals surface area contributed by atoms with Crippen LogP contribution in [0.4, 0.5) is 0 Å². The smallest absolute Gasteiger partial charge is 0.254 e. The number of ether oxygens (including phenoxy) is 1. The summed E-state index contributed by atoms with van der Waals surface area (Å²) < 4.78 is 29.0. The summed E-state index contributed by atoms with van der Waals surface area (Å²) >= 11 is 1.62. The predicted octanol–water partition coefficient (Wildman–Crippen LogP) is 4.56. The Bertz CT molecular complexity index is 1070. The lowest BCUT2D eigenvalue weighted by Crippen LogP contribution is -2.29. The molecule has 1 unspecified atom stereocenters. The summed E-state index contributed by atoms with van der Waals surface area (Å²) in [5, 5.41) is 2.00. The van der Waals surface area contributed by atoms with Crippen molar-refractivity contribution in [3.8, 4) is 5.75 Å². The first kappa shape index (κ1) is 21.1. The SMILES string of the molecule is CC(c1ccc(S(C)(=O)=O)cc1)N(C)C(=O)c1cccc(OCc2cccs2)c1. The van der Waals surface area contributed by atoms with Crippen molar-refractivity contribution in [1.82, 2.24) is 4.90 Å². The molecule has 0 aliphatic rings. The Morgan fingerprint density at radius 3 is 2.45 bits per heavy atom. The highest BCUT2D eigenvalue weighted by molar-refractivity contribution is 7.90. The Morgan fingerprint density at radius 2 is 1.83 bits per heavy atom. The van der Waals surface area contributed by atoms with Crippen molar-refractivity contribution in [3.05, 3.63) is 82.0 Å². The van der Waals surface area contributed by atoms with E-state index < -0.39 is 9.84 Å². The minimum Gasteiger partial charge on any atom is -0.488 e. The van der Waals surface area contributed by atoms with Gasteiger partial charge in [0.25, 0.3) is 5.91 Å². The minimum atomic E-state index is -3.25. The number of hydrogen-bond donors (Lipinski definition) is 0. The van der Waals surface area contributed by atoms with Gasteiger partial charge in [-0.05, 0) is 54.3 Å². The third-order valence-electron chi connectivity index (χ3n) is 4.73. The van der Waals surface area contributed by atoms with Crippen LogP contribution in [0.2, 0.25) is 0 Å². The van der Waals surface area contributed by atoms with Crippen LogP contribution in [-0.2, 0) is 16.4 Å². The Balaban J connectivity index is 1.71. The molecule has 1 aromatic heterocycles. The minimum absolute atomic E-state index is 0.133. The molecule has 0 aliphatic carbocycles. The highest BCUT2D eigenvalue weighted by Gasteiger charge is 2.20. The molecule has 0 N–H and O–H groups in total. The number of amides is 1. The van der Waals surface area contributed by atoms with E-state index in [4.69, 9.17) is 4.74 Å². The molecule has 152 valence electrons. The van der Waals surface area contributed by atoms with Crippen molar-refractivity contribution in [2.45, 2.75) is 24.5 Å². The van der Waals surface area contributed by atoms with Crippen molar-refractivity contribution in [3.63, 3.8) is 0 Å². The van der Waals surface area contributed by atoms with Gasteiger partial charge in [-0.15, -0.1) is 11.3 Å². The van der Waals surface area contributed by atoms with E-state index in [1.165, 1.54) is 6.26 Å². The van der Waals surface area contributed by atoms with Gasteiger partial charge < -0.3 is 9.64 Å². The third kappa shape index (κ3) is 5.25. The second kappa shape index (κ2) is 8.80. The summed E-state index contributed by atoms with van der Waals surface area (Å²) in [6.45, 7) is 2.37. The normalized spacial score (nSPS) is 12.4. The van der Waals surface area contributed by atoms with Gasteiger partial charge >= 0.3 is 0 Å². The van der Waals surface area contributed by atoms with Crippen LogP contribution in [-0.4, -0.2) is 32.5 Å². The monoisotopic (exact) mass is 429 g/mol. The summed E-state index contributed by atoms with van der Waals surface area (Å²) in [6, 6.07) is 17.5. The summed E-state index contributed by atoms with van der Waals surface area (Å²) in [7, 11) is -1.51. The second-order valence-electron chi connectivity index (χ2n) is 6.83. The van der Waals surface area contributed by atoms with E-state index >= 15 is 0 Å². The zero-order valence-electron chi connectivity index (χ0n) is 16.5. The zero-order valence-corrected chi connectivity index (χ0v) is 18.2. The molecular weight excluding hydrogens is 406 g/mol. The lowest BCUT2D eigenvalue weighted by molar-refractivity contribution is 0.0742. The van der Waals surface area contributed by atoms with E-state index in [0.29, 0.717) is 17.9 Å². The quantitative estimate of drug-likeness (QED) is 0.552. The number of benzene rings is 2. The number of hydrogen-bond acceptors (Lipinski definition) is 5. The molecule has 0 fully saturated rings. The number of rotatable bonds is 7. The van der Waals surface area contributed by atoms with Crippen LogP contribution in [0.3, 0.4) is 0 Å². The lowest BCUT2D eigenvalue weighted by atomic mass is 10.1. The largest absolute Gasteiger partial charge is 0.488 e. The van der Waals surface area contributed by atoms with Gasteiger partial charge in [-0.1, -0.05) is 24.3 Å². The van der Waals surface area contributed by atoms with Crippen LogP contribution < -0.4 is 4.74 Å². The van der Waals surface area contributed by atoms with Gasteiger partial charge in [0.2, 0.25) is 0 Å². The number of sulfone groups is 1. The van der Waals surface area contributed by atoms with Gasteiger partial charge in [-0.25, -0.2) is 8.42 Å². The van der Waals surface area contributed by atoms with Crippen LogP contribution in [0.1, 0.15) is 33.8 Å². The van der Waals surface area contributed by atoms with Crippen molar-refractivity contribution < 1.29 is 17.9 Å². The van der Waals surface area contributed by atoms with Crippen LogP contribution in [0.15, 0.2) is 70.9 Å². The van der Waals surface area contributed by atoms with E-state index in [1.807, 2.05) is 30.5 Å². The Kier molecular flexibility index (Phi) is 6.39. The van der Waals surface area contributed by atoms with Crippen LogP contribution in [0.25, 0.3) is 0 Å². The molecular formula is C22H23NO4S2. The standard InChI is InChI=1S/C22H23NO4S2/c1-16(17-9-11-21(12-10-17)29(3,25)26)23(2)22(24)18-6-4-7-19(14-18)27-15-20-8-5-13-28-20/h4-14,16H,15H2,1-3H3. The van der Waals surface area contributed by atoms with Crippen LogP contribution >= 0.6 is 11.3 Å².